The number of nitrogens with one attached hydrogen (secondary N) is 1. The second-order valence-corrected chi connectivity index (χ2v) is 7.11. The number of aldehydes is 1. The molecular weight excluding hydrogens is 427 g/mol. The van der Waals surface area contributed by atoms with Gasteiger partial charge in [-0.2, -0.15) is 5.10 Å². The van der Waals surface area contributed by atoms with Crippen molar-refractivity contribution in [2.45, 2.75) is 13.1 Å². The fourth-order valence-electron chi connectivity index (χ4n) is 3.11. The van der Waals surface area contributed by atoms with Gasteiger partial charge in [-0.15, -0.1) is 0 Å². The molecule has 0 saturated carbocycles. The normalized spacial score (nSPS) is 10.8. The summed E-state index contributed by atoms with van der Waals surface area (Å²) in [6.45, 7) is -1.07. The minimum absolute atomic E-state index is 0.0509. The van der Waals surface area contributed by atoms with Gasteiger partial charge in [-0.1, -0.05) is 41.9 Å². The fourth-order valence-corrected chi connectivity index (χ4v) is 3.30. The molecule has 0 aliphatic rings. The molecule has 2 amide bonds. The summed E-state index contributed by atoms with van der Waals surface area (Å²) in [4.78, 5) is 37.5. The van der Waals surface area contributed by atoms with E-state index in [-0.39, 0.29) is 49.1 Å². The van der Waals surface area contributed by atoms with Crippen molar-refractivity contribution in [1.82, 2.24) is 20.0 Å². The Balaban J connectivity index is 1.67. The summed E-state index contributed by atoms with van der Waals surface area (Å²) in [5.41, 5.74) is 1.02. The van der Waals surface area contributed by atoms with Crippen LogP contribution in [0.1, 0.15) is 16.1 Å². The van der Waals surface area contributed by atoms with E-state index in [4.69, 9.17) is 11.6 Å². The number of fused-ring (bicyclic) bond motifs is 1. The highest BCUT2D eigenvalue weighted by Gasteiger charge is 2.20. The van der Waals surface area contributed by atoms with Gasteiger partial charge in [-0.05, 0) is 12.1 Å². The summed E-state index contributed by atoms with van der Waals surface area (Å²) in [5.74, 6) is -1.62. The summed E-state index contributed by atoms with van der Waals surface area (Å²) in [5, 5.41) is 16.5. The molecule has 162 valence electrons. The number of benzene rings is 2. The van der Waals surface area contributed by atoms with Gasteiger partial charge in [0.25, 0.3) is 0 Å². The molecule has 1 aromatic heterocycles. The SMILES string of the molecule is O=Cc1nn(CC(=O)N(CCO)CC(=O)NCc2cccc(Cl)c2F)c2ccccc12. The Labute approximate surface area is 182 Å². The van der Waals surface area contributed by atoms with Crippen LogP contribution in [0.4, 0.5) is 4.39 Å². The molecule has 10 heteroatoms. The molecule has 0 aliphatic carbocycles. The first-order valence-electron chi connectivity index (χ1n) is 9.43. The predicted molar refractivity (Wildman–Crippen MR) is 112 cm³/mol. The van der Waals surface area contributed by atoms with Gasteiger partial charge in [-0.25, -0.2) is 4.39 Å². The summed E-state index contributed by atoms with van der Waals surface area (Å²) in [7, 11) is 0. The molecule has 2 aromatic carbocycles. The highest BCUT2D eigenvalue weighted by molar-refractivity contribution is 6.30. The maximum Gasteiger partial charge on any atom is 0.244 e. The van der Waals surface area contributed by atoms with Crippen molar-refractivity contribution in [3.63, 3.8) is 0 Å². The minimum Gasteiger partial charge on any atom is -0.395 e. The van der Waals surface area contributed by atoms with E-state index in [9.17, 15) is 23.9 Å². The maximum absolute atomic E-state index is 13.9. The Bertz CT molecular complexity index is 1120. The lowest BCUT2D eigenvalue weighted by Crippen LogP contribution is -2.43. The molecule has 0 aliphatic heterocycles. The van der Waals surface area contributed by atoms with Gasteiger partial charge in [0.05, 0.1) is 23.7 Å². The quantitative estimate of drug-likeness (QED) is 0.487. The number of aromatic nitrogens is 2. The third-order valence-electron chi connectivity index (χ3n) is 4.65. The standard InChI is InChI=1S/C21H20ClFN4O4/c22-16-6-3-4-14(21(16)23)10-24-19(30)11-26(8-9-28)20(31)12-27-18-7-2-1-5-15(18)17(13-29)25-27/h1-7,13,28H,8-12H2,(H,24,30). The zero-order valence-electron chi connectivity index (χ0n) is 16.4. The van der Waals surface area contributed by atoms with Crippen LogP contribution in [0.2, 0.25) is 5.02 Å². The third-order valence-corrected chi connectivity index (χ3v) is 4.94. The van der Waals surface area contributed by atoms with Crippen LogP contribution in [0.5, 0.6) is 0 Å². The van der Waals surface area contributed by atoms with E-state index in [0.717, 1.165) is 0 Å². The van der Waals surface area contributed by atoms with Crippen LogP contribution in [-0.2, 0) is 22.7 Å². The maximum atomic E-state index is 13.9. The zero-order chi connectivity index (χ0) is 22.4. The molecule has 3 rings (SSSR count). The monoisotopic (exact) mass is 446 g/mol. The largest absolute Gasteiger partial charge is 0.395 e. The number of amides is 2. The fraction of sp³-hybridized carbons (Fsp3) is 0.238. The second-order valence-electron chi connectivity index (χ2n) is 6.71. The number of carbonyl (C=O) groups excluding carboxylic acids is 3. The molecule has 0 spiro atoms. The molecule has 0 saturated heterocycles. The van der Waals surface area contributed by atoms with Crippen LogP contribution in [0, 0.1) is 5.82 Å². The third kappa shape index (κ3) is 5.25. The van der Waals surface area contributed by atoms with Crippen molar-refractivity contribution in [2.75, 3.05) is 19.7 Å². The Morgan fingerprint density at radius 2 is 2.00 bits per heavy atom. The molecule has 0 bridgehead atoms. The number of para-hydroxylation sites is 1. The van der Waals surface area contributed by atoms with E-state index in [1.807, 2.05) is 0 Å². The topological polar surface area (TPSA) is 105 Å². The van der Waals surface area contributed by atoms with Gasteiger partial charge in [0.2, 0.25) is 11.8 Å². The van der Waals surface area contributed by atoms with E-state index in [2.05, 4.69) is 10.4 Å². The van der Waals surface area contributed by atoms with Crippen molar-refractivity contribution in [3.8, 4) is 0 Å². The number of rotatable bonds is 9. The number of carbonyl (C=O) groups is 3. The van der Waals surface area contributed by atoms with Crippen LogP contribution in [-0.4, -0.2) is 57.6 Å². The van der Waals surface area contributed by atoms with E-state index in [0.29, 0.717) is 17.2 Å². The molecule has 0 fully saturated rings. The Kier molecular flexibility index (Phi) is 7.32. The molecule has 0 atom stereocenters. The second kappa shape index (κ2) is 10.1. The van der Waals surface area contributed by atoms with Crippen molar-refractivity contribution < 1.29 is 23.9 Å². The molecule has 3 aromatic rings. The molecule has 0 radical (unpaired) electrons. The predicted octanol–water partition coefficient (Wildman–Crippen LogP) is 1.78. The number of hydrogen-bond acceptors (Lipinski definition) is 5. The number of aliphatic hydroxyl groups excluding tert-OH is 1. The van der Waals surface area contributed by atoms with Gasteiger partial charge >= 0.3 is 0 Å². The Morgan fingerprint density at radius 3 is 2.74 bits per heavy atom. The van der Waals surface area contributed by atoms with Gasteiger partial charge in [0.15, 0.2) is 6.29 Å². The molecule has 31 heavy (non-hydrogen) atoms. The average Bonchev–Trinajstić information content (AvgIpc) is 3.12. The van der Waals surface area contributed by atoms with Gasteiger partial charge in [0, 0.05) is 24.0 Å². The number of aliphatic hydroxyl groups is 1. The minimum atomic E-state index is -0.621. The van der Waals surface area contributed by atoms with Crippen LogP contribution in [0.3, 0.4) is 0 Å². The lowest BCUT2D eigenvalue weighted by Gasteiger charge is -2.21. The smallest absolute Gasteiger partial charge is 0.244 e. The van der Waals surface area contributed by atoms with E-state index >= 15 is 0 Å². The van der Waals surface area contributed by atoms with E-state index in [1.165, 1.54) is 21.7 Å². The highest BCUT2D eigenvalue weighted by atomic mass is 35.5. The van der Waals surface area contributed by atoms with Crippen molar-refractivity contribution in [2.24, 2.45) is 0 Å². The van der Waals surface area contributed by atoms with Crippen molar-refractivity contribution in [1.29, 1.82) is 0 Å². The summed E-state index contributed by atoms with van der Waals surface area (Å²) in [6, 6.07) is 11.4. The number of nitrogens with zero attached hydrogens (tertiary/aromatic N) is 3. The molecule has 2 N–H and O–H groups in total. The molecule has 1 heterocycles. The average molecular weight is 447 g/mol. The van der Waals surface area contributed by atoms with E-state index < -0.39 is 17.6 Å². The summed E-state index contributed by atoms with van der Waals surface area (Å²) < 4.78 is 15.3. The Hall–Kier alpha value is -3.30. The van der Waals surface area contributed by atoms with Crippen molar-refractivity contribution >= 4 is 40.6 Å². The summed E-state index contributed by atoms with van der Waals surface area (Å²) in [6.07, 6.45) is 0.608. The number of halogens is 2. The zero-order valence-corrected chi connectivity index (χ0v) is 17.2. The molecular formula is C21H20ClFN4O4. The van der Waals surface area contributed by atoms with Crippen LogP contribution >= 0.6 is 11.6 Å². The van der Waals surface area contributed by atoms with Crippen LogP contribution in [0.25, 0.3) is 10.9 Å². The molecule has 8 nitrogen and oxygen atoms in total. The van der Waals surface area contributed by atoms with Gasteiger partial charge in [-0.3, -0.25) is 19.1 Å². The van der Waals surface area contributed by atoms with Gasteiger partial charge in [0.1, 0.15) is 18.1 Å². The lowest BCUT2D eigenvalue weighted by atomic mass is 10.2. The highest BCUT2D eigenvalue weighted by Crippen LogP contribution is 2.18. The summed E-state index contributed by atoms with van der Waals surface area (Å²) >= 11 is 5.73. The first kappa shape index (κ1) is 22.4. The van der Waals surface area contributed by atoms with Crippen LogP contribution in [0.15, 0.2) is 42.5 Å². The van der Waals surface area contributed by atoms with E-state index in [1.54, 1.807) is 30.3 Å². The molecule has 0 unspecified atom stereocenters. The van der Waals surface area contributed by atoms with Crippen LogP contribution < -0.4 is 5.32 Å². The Morgan fingerprint density at radius 1 is 1.23 bits per heavy atom. The number of hydrogen-bond donors (Lipinski definition) is 2. The first-order valence-corrected chi connectivity index (χ1v) is 9.81. The first-order chi connectivity index (χ1) is 14.9. The van der Waals surface area contributed by atoms with Crippen molar-refractivity contribution in [3.05, 3.63) is 64.6 Å². The lowest BCUT2D eigenvalue weighted by molar-refractivity contribution is -0.137. The van der Waals surface area contributed by atoms with Gasteiger partial charge < -0.3 is 15.3 Å².